The molecule has 0 fully saturated rings. The summed E-state index contributed by atoms with van der Waals surface area (Å²) >= 11 is 0. The van der Waals surface area contributed by atoms with Gasteiger partial charge in [0.1, 0.15) is 5.75 Å². The number of hydrogen-bond donors (Lipinski definition) is 1. The van der Waals surface area contributed by atoms with Crippen LogP contribution in [0.15, 0.2) is 18.2 Å². The summed E-state index contributed by atoms with van der Waals surface area (Å²) in [6.45, 7) is 3.58. The second-order valence-corrected chi connectivity index (χ2v) is 3.50. The second-order valence-electron chi connectivity index (χ2n) is 3.50. The SMILES string of the molecule is COCNCCc1cc(C)ccc1OC. The normalized spacial score (nSPS) is 10.3. The van der Waals surface area contributed by atoms with Crippen molar-refractivity contribution in [1.29, 1.82) is 0 Å². The Bertz CT molecular complexity index is 300. The first-order chi connectivity index (χ1) is 7.27. The van der Waals surface area contributed by atoms with Crippen molar-refractivity contribution in [1.82, 2.24) is 5.32 Å². The van der Waals surface area contributed by atoms with Crippen LogP contribution in [0.1, 0.15) is 11.1 Å². The van der Waals surface area contributed by atoms with Crippen molar-refractivity contribution >= 4 is 0 Å². The van der Waals surface area contributed by atoms with Crippen LogP contribution in [0, 0.1) is 6.92 Å². The quantitative estimate of drug-likeness (QED) is 0.572. The number of rotatable bonds is 6. The minimum absolute atomic E-state index is 0.591. The molecule has 0 aliphatic carbocycles. The van der Waals surface area contributed by atoms with Crippen LogP contribution in [0.5, 0.6) is 5.75 Å². The average Bonchev–Trinajstić information content (AvgIpc) is 2.25. The highest BCUT2D eigenvalue weighted by Crippen LogP contribution is 2.19. The first kappa shape index (κ1) is 12.0. The van der Waals surface area contributed by atoms with Gasteiger partial charge in [-0.1, -0.05) is 17.7 Å². The van der Waals surface area contributed by atoms with Gasteiger partial charge in [-0.2, -0.15) is 0 Å². The number of methoxy groups -OCH3 is 2. The summed E-state index contributed by atoms with van der Waals surface area (Å²) < 4.78 is 10.2. The molecule has 0 atom stereocenters. The number of aryl methyl sites for hydroxylation is 1. The van der Waals surface area contributed by atoms with Gasteiger partial charge in [0.25, 0.3) is 0 Å². The van der Waals surface area contributed by atoms with Crippen molar-refractivity contribution in [3.05, 3.63) is 29.3 Å². The fourth-order valence-electron chi connectivity index (χ4n) is 1.50. The minimum atomic E-state index is 0.591. The lowest BCUT2D eigenvalue weighted by atomic mass is 10.1. The molecule has 0 aliphatic heterocycles. The van der Waals surface area contributed by atoms with E-state index in [0.717, 1.165) is 18.7 Å². The van der Waals surface area contributed by atoms with E-state index in [1.54, 1.807) is 14.2 Å². The molecule has 0 saturated heterocycles. The van der Waals surface area contributed by atoms with Crippen molar-refractivity contribution in [2.75, 3.05) is 27.5 Å². The zero-order chi connectivity index (χ0) is 11.1. The van der Waals surface area contributed by atoms with Gasteiger partial charge >= 0.3 is 0 Å². The van der Waals surface area contributed by atoms with E-state index >= 15 is 0 Å². The van der Waals surface area contributed by atoms with Crippen molar-refractivity contribution in [2.24, 2.45) is 0 Å². The zero-order valence-corrected chi connectivity index (χ0v) is 9.67. The molecule has 0 bridgehead atoms. The van der Waals surface area contributed by atoms with Crippen molar-refractivity contribution in [3.8, 4) is 5.75 Å². The van der Waals surface area contributed by atoms with E-state index in [9.17, 15) is 0 Å². The lowest BCUT2D eigenvalue weighted by molar-refractivity contribution is 0.176. The van der Waals surface area contributed by atoms with Gasteiger partial charge in [-0.25, -0.2) is 0 Å². The Morgan fingerprint density at radius 2 is 2.07 bits per heavy atom. The lowest BCUT2D eigenvalue weighted by Gasteiger charge is -2.09. The Balaban J connectivity index is 2.54. The molecule has 0 amide bonds. The van der Waals surface area contributed by atoms with E-state index in [1.165, 1.54) is 11.1 Å². The van der Waals surface area contributed by atoms with Crippen LogP contribution < -0.4 is 10.1 Å². The van der Waals surface area contributed by atoms with Gasteiger partial charge in [-0.3, -0.25) is 5.32 Å². The molecule has 0 aliphatic rings. The molecule has 0 radical (unpaired) electrons. The molecule has 0 heterocycles. The first-order valence-corrected chi connectivity index (χ1v) is 5.11. The van der Waals surface area contributed by atoms with Gasteiger partial charge < -0.3 is 9.47 Å². The van der Waals surface area contributed by atoms with Gasteiger partial charge in [0.15, 0.2) is 0 Å². The van der Waals surface area contributed by atoms with Crippen LogP contribution in [0.3, 0.4) is 0 Å². The second kappa shape index (κ2) is 6.43. The van der Waals surface area contributed by atoms with Gasteiger partial charge in [0.05, 0.1) is 13.8 Å². The van der Waals surface area contributed by atoms with Gasteiger partial charge in [-0.05, 0) is 25.0 Å². The Labute approximate surface area is 91.4 Å². The number of hydrogen-bond acceptors (Lipinski definition) is 3. The summed E-state index contributed by atoms with van der Waals surface area (Å²) in [5.41, 5.74) is 2.50. The zero-order valence-electron chi connectivity index (χ0n) is 9.67. The Morgan fingerprint density at radius 1 is 1.27 bits per heavy atom. The molecular weight excluding hydrogens is 190 g/mol. The van der Waals surface area contributed by atoms with E-state index < -0.39 is 0 Å². The van der Waals surface area contributed by atoms with Crippen LogP contribution in [-0.2, 0) is 11.2 Å². The molecular formula is C12H19NO2. The van der Waals surface area contributed by atoms with Crippen LogP contribution in [-0.4, -0.2) is 27.5 Å². The van der Waals surface area contributed by atoms with E-state index in [4.69, 9.17) is 9.47 Å². The molecule has 1 rings (SSSR count). The Kier molecular flexibility index (Phi) is 5.15. The molecule has 1 aromatic rings. The predicted molar refractivity (Wildman–Crippen MR) is 61.3 cm³/mol. The van der Waals surface area contributed by atoms with Gasteiger partial charge in [0.2, 0.25) is 0 Å². The third kappa shape index (κ3) is 3.90. The van der Waals surface area contributed by atoms with Gasteiger partial charge in [-0.15, -0.1) is 0 Å². The fourth-order valence-corrected chi connectivity index (χ4v) is 1.50. The highest BCUT2D eigenvalue weighted by molar-refractivity contribution is 5.37. The molecule has 1 N–H and O–H groups in total. The largest absolute Gasteiger partial charge is 0.496 e. The number of benzene rings is 1. The van der Waals surface area contributed by atoms with Gasteiger partial charge in [0, 0.05) is 13.7 Å². The summed E-state index contributed by atoms with van der Waals surface area (Å²) in [7, 11) is 3.39. The highest BCUT2D eigenvalue weighted by atomic mass is 16.5. The maximum atomic E-state index is 5.30. The maximum absolute atomic E-state index is 5.30. The highest BCUT2D eigenvalue weighted by Gasteiger charge is 2.02. The molecule has 15 heavy (non-hydrogen) atoms. The molecule has 0 unspecified atom stereocenters. The van der Waals surface area contributed by atoms with Crippen LogP contribution in [0.2, 0.25) is 0 Å². The fraction of sp³-hybridized carbons (Fsp3) is 0.500. The maximum Gasteiger partial charge on any atom is 0.122 e. The monoisotopic (exact) mass is 209 g/mol. The van der Waals surface area contributed by atoms with Crippen molar-refractivity contribution in [3.63, 3.8) is 0 Å². The number of nitrogens with one attached hydrogen (secondary N) is 1. The van der Waals surface area contributed by atoms with Crippen molar-refractivity contribution in [2.45, 2.75) is 13.3 Å². The van der Waals surface area contributed by atoms with E-state index in [1.807, 2.05) is 6.07 Å². The summed E-state index contributed by atoms with van der Waals surface area (Å²) in [5.74, 6) is 0.958. The molecule has 0 spiro atoms. The lowest BCUT2D eigenvalue weighted by Crippen LogP contribution is -2.19. The summed E-state index contributed by atoms with van der Waals surface area (Å²) in [6, 6.07) is 6.24. The summed E-state index contributed by atoms with van der Waals surface area (Å²) in [5, 5.41) is 3.18. The topological polar surface area (TPSA) is 30.5 Å². The van der Waals surface area contributed by atoms with E-state index in [-0.39, 0.29) is 0 Å². The molecule has 0 aromatic heterocycles. The average molecular weight is 209 g/mol. The standard InChI is InChI=1S/C12H19NO2/c1-10-4-5-12(15-3)11(8-10)6-7-13-9-14-2/h4-5,8,13H,6-7,9H2,1-3H3. The van der Waals surface area contributed by atoms with E-state index in [2.05, 4.69) is 24.4 Å². The van der Waals surface area contributed by atoms with Crippen LogP contribution in [0.25, 0.3) is 0 Å². The van der Waals surface area contributed by atoms with Crippen LogP contribution >= 0.6 is 0 Å². The Morgan fingerprint density at radius 3 is 2.73 bits per heavy atom. The van der Waals surface area contributed by atoms with Crippen molar-refractivity contribution < 1.29 is 9.47 Å². The van der Waals surface area contributed by atoms with Crippen LogP contribution in [0.4, 0.5) is 0 Å². The van der Waals surface area contributed by atoms with E-state index in [0.29, 0.717) is 6.73 Å². The first-order valence-electron chi connectivity index (χ1n) is 5.11. The predicted octanol–water partition coefficient (Wildman–Crippen LogP) is 1.74. The summed E-state index contributed by atoms with van der Waals surface area (Å²) in [6.07, 6.45) is 0.953. The Hall–Kier alpha value is -1.06. The third-order valence-electron chi connectivity index (χ3n) is 2.25. The minimum Gasteiger partial charge on any atom is -0.496 e. The molecule has 3 nitrogen and oxygen atoms in total. The molecule has 3 heteroatoms. The summed E-state index contributed by atoms with van der Waals surface area (Å²) in [4.78, 5) is 0. The third-order valence-corrected chi connectivity index (χ3v) is 2.25. The molecule has 84 valence electrons. The number of ether oxygens (including phenoxy) is 2. The molecule has 1 aromatic carbocycles. The molecule has 0 saturated carbocycles. The smallest absolute Gasteiger partial charge is 0.122 e.